The molecular formula is C30H20O3S. The maximum Gasteiger partial charge on any atom is 0.135 e. The molecule has 5 aromatic rings. The highest BCUT2D eigenvalue weighted by Crippen LogP contribution is 2.54. The highest BCUT2D eigenvalue weighted by molar-refractivity contribution is 8.01. The monoisotopic (exact) mass is 460 g/mol. The van der Waals surface area contributed by atoms with Gasteiger partial charge in [0, 0.05) is 26.6 Å². The smallest absolute Gasteiger partial charge is 0.135 e. The molecule has 0 radical (unpaired) electrons. The zero-order valence-corrected chi connectivity index (χ0v) is 19.3. The molecule has 3 nitrogen and oxygen atoms in total. The van der Waals surface area contributed by atoms with Crippen molar-refractivity contribution in [2.45, 2.75) is 9.64 Å². The third-order valence-corrected chi connectivity index (χ3v) is 7.95. The second kappa shape index (κ2) is 7.31. The van der Waals surface area contributed by atoms with Crippen molar-refractivity contribution in [1.82, 2.24) is 0 Å². The van der Waals surface area contributed by atoms with Gasteiger partial charge >= 0.3 is 0 Å². The van der Waals surface area contributed by atoms with Gasteiger partial charge in [-0.2, -0.15) is 0 Å². The minimum absolute atomic E-state index is 0.565. The lowest BCUT2D eigenvalue weighted by Crippen LogP contribution is -2.19. The molecule has 0 N–H and O–H groups in total. The molecule has 0 fully saturated rings. The molecule has 1 atom stereocenters. The van der Waals surface area contributed by atoms with Crippen LogP contribution in [-0.2, 0) is 4.75 Å². The summed E-state index contributed by atoms with van der Waals surface area (Å²) in [5.74, 6) is 3.47. The third-order valence-electron chi connectivity index (χ3n) is 6.52. The van der Waals surface area contributed by atoms with Crippen LogP contribution in [0.25, 0.3) is 23.1 Å². The molecule has 0 saturated carbocycles. The van der Waals surface area contributed by atoms with Gasteiger partial charge in [0.2, 0.25) is 0 Å². The molecule has 2 aliphatic heterocycles. The van der Waals surface area contributed by atoms with Gasteiger partial charge in [0.05, 0.1) is 7.11 Å². The lowest BCUT2D eigenvalue weighted by Gasteiger charge is -2.27. The van der Waals surface area contributed by atoms with Gasteiger partial charge in [-0.3, -0.25) is 0 Å². The Morgan fingerprint density at radius 3 is 2.53 bits per heavy atom. The van der Waals surface area contributed by atoms with Crippen molar-refractivity contribution >= 4 is 34.9 Å². The summed E-state index contributed by atoms with van der Waals surface area (Å²) in [5.41, 5.74) is 3.03. The fourth-order valence-corrected chi connectivity index (χ4v) is 6.33. The molecule has 7 rings (SSSR count). The first-order chi connectivity index (χ1) is 16.7. The van der Waals surface area contributed by atoms with E-state index in [-0.39, 0.29) is 0 Å². The van der Waals surface area contributed by atoms with Crippen molar-refractivity contribution in [3.8, 4) is 17.2 Å². The van der Waals surface area contributed by atoms with Gasteiger partial charge in [-0.15, -0.1) is 11.8 Å². The molecule has 4 aromatic carbocycles. The summed E-state index contributed by atoms with van der Waals surface area (Å²) < 4.78 is 18.0. The Bertz CT molecular complexity index is 1680. The summed E-state index contributed by atoms with van der Waals surface area (Å²) >= 11 is 1.78. The molecule has 0 bridgehead atoms. The van der Waals surface area contributed by atoms with E-state index in [1.54, 1.807) is 18.9 Å². The SMILES string of the molecule is COc1ccccc1C1(c2cc3ccccc3o2)C=c2cc3c(cc2S1)=Cc1ccccc1O3. The van der Waals surface area contributed by atoms with Crippen LogP contribution in [0.2, 0.25) is 0 Å². The topological polar surface area (TPSA) is 31.6 Å². The molecule has 34 heavy (non-hydrogen) atoms. The largest absolute Gasteiger partial charge is 0.496 e. The van der Waals surface area contributed by atoms with Crippen molar-refractivity contribution in [1.29, 1.82) is 0 Å². The molecule has 3 heterocycles. The van der Waals surface area contributed by atoms with E-state index in [4.69, 9.17) is 13.9 Å². The molecule has 0 spiro atoms. The number of furan rings is 1. The van der Waals surface area contributed by atoms with Gasteiger partial charge in [0.25, 0.3) is 0 Å². The molecule has 0 amide bonds. The summed E-state index contributed by atoms with van der Waals surface area (Å²) in [5, 5.41) is 3.30. The van der Waals surface area contributed by atoms with Crippen LogP contribution < -0.4 is 19.9 Å². The summed E-state index contributed by atoms with van der Waals surface area (Å²) in [6.45, 7) is 0. The summed E-state index contributed by atoms with van der Waals surface area (Å²) in [6.07, 6.45) is 4.48. The van der Waals surface area contributed by atoms with Crippen molar-refractivity contribution in [2.24, 2.45) is 0 Å². The van der Waals surface area contributed by atoms with Gasteiger partial charge in [-0.05, 0) is 53.8 Å². The fourth-order valence-electron chi connectivity index (χ4n) is 4.90. The normalized spacial score (nSPS) is 17.7. The van der Waals surface area contributed by atoms with Crippen LogP contribution in [0.15, 0.2) is 100 Å². The average Bonchev–Trinajstić information content (AvgIpc) is 3.48. The van der Waals surface area contributed by atoms with E-state index in [0.29, 0.717) is 0 Å². The summed E-state index contributed by atoms with van der Waals surface area (Å²) in [4.78, 5) is 1.18. The van der Waals surface area contributed by atoms with Crippen LogP contribution in [0.1, 0.15) is 16.9 Å². The Morgan fingerprint density at radius 1 is 0.794 bits per heavy atom. The maximum absolute atomic E-state index is 6.47. The van der Waals surface area contributed by atoms with Crippen LogP contribution in [-0.4, -0.2) is 7.11 Å². The van der Waals surface area contributed by atoms with Crippen LogP contribution in [0.3, 0.4) is 0 Å². The van der Waals surface area contributed by atoms with E-state index in [2.05, 4.69) is 54.6 Å². The Morgan fingerprint density at radius 2 is 1.62 bits per heavy atom. The molecule has 1 unspecified atom stereocenters. The van der Waals surface area contributed by atoms with E-state index in [1.807, 2.05) is 48.5 Å². The number of para-hydroxylation sites is 3. The third kappa shape index (κ3) is 2.85. The first-order valence-electron chi connectivity index (χ1n) is 11.2. The predicted octanol–water partition coefficient (Wildman–Crippen LogP) is 6.21. The minimum atomic E-state index is -0.565. The van der Waals surface area contributed by atoms with E-state index in [1.165, 1.54) is 4.90 Å². The number of hydrogen-bond donors (Lipinski definition) is 0. The molecule has 2 aliphatic rings. The zero-order chi connectivity index (χ0) is 22.7. The number of methoxy groups -OCH3 is 1. The average molecular weight is 461 g/mol. The first kappa shape index (κ1) is 19.6. The lowest BCUT2D eigenvalue weighted by molar-refractivity contribution is 0.406. The van der Waals surface area contributed by atoms with E-state index in [9.17, 15) is 0 Å². The van der Waals surface area contributed by atoms with Crippen molar-refractivity contribution in [2.75, 3.05) is 7.11 Å². The van der Waals surface area contributed by atoms with Crippen molar-refractivity contribution < 1.29 is 13.9 Å². The Labute approximate surface area is 200 Å². The highest BCUT2D eigenvalue weighted by Gasteiger charge is 2.42. The lowest BCUT2D eigenvalue weighted by atomic mass is 9.93. The van der Waals surface area contributed by atoms with Crippen LogP contribution >= 0.6 is 11.8 Å². The second-order valence-corrected chi connectivity index (χ2v) is 9.83. The fraction of sp³-hybridized carbons (Fsp3) is 0.0667. The van der Waals surface area contributed by atoms with Crippen LogP contribution in [0.4, 0.5) is 0 Å². The summed E-state index contributed by atoms with van der Waals surface area (Å²) in [7, 11) is 1.72. The Kier molecular flexibility index (Phi) is 4.20. The number of hydrogen-bond acceptors (Lipinski definition) is 4. The van der Waals surface area contributed by atoms with Gasteiger partial charge in [-0.25, -0.2) is 0 Å². The van der Waals surface area contributed by atoms with Crippen molar-refractivity contribution in [3.05, 3.63) is 118 Å². The zero-order valence-electron chi connectivity index (χ0n) is 18.4. The number of ether oxygens (including phenoxy) is 2. The number of thioether (sulfide) groups is 1. The van der Waals surface area contributed by atoms with Gasteiger partial charge < -0.3 is 13.9 Å². The Hall–Kier alpha value is -3.89. The quantitative estimate of drug-likeness (QED) is 0.314. The minimum Gasteiger partial charge on any atom is -0.496 e. The highest BCUT2D eigenvalue weighted by atomic mass is 32.2. The van der Waals surface area contributed by atoms with E-state index < -0.39 is 4.75 Å². The van der Waals surface area contributed by atoms with Crippen molar-refractivity contribution in [3.63, 3.8) is 0 Å². The van der Waals surface area contributed by atoms with Crippen LogP contribution in [0.5, 0.6) is 17.2 Å². The van der Waals surface area contributed by atoms with Gasteiger partial charge in [0.1, 0.15) is 33.3 Å². The van der Waals surface area contributed by atoms with E-state index in [0.717, 1.165) is 55.5 Å². The second-order valence-electron chi connectivity index (χ2n) is 8.54. The van der Waals surface area contributed by atoms with Gasteiger partial charge in [-0.1, -0.05) is 54.6 Å². The molecular weight excluding hydrogens is 440 g/mol. The van der Waals surface area contributed by atoms with Gasteiger partial charge in [0.15, 0.2) is 0 Å². The Balaban J connectivity index is 1.47. The predicted molar refractivity (Wildman–Crippen MR) is 136 cm³/mol. The van der Waals surface area contributed by atoms with E-state index >= 15 is 0 Å². The van der Waals surface area contributed by atoms with Crippen LogP contribution in [0, 0.1) is 0 Å². The molecule has 0 aliphatic carbocycles. The molecule has 0 saturated heterocycles. The molecule has 4 heteroatoms. The molecule has 1 aromatic heterocycles. The first-order valence-corrected chi connectivity index (χ1v) is 12.0. The standard InChI is InChI=1S/C30H20O3S/c1-31-26-13-7-4-10-23(26)30(29-17-20-9-3-6-12-25(20)33-29)18-22-15-27-21(16-28(22)34-30)14-19-8-2-5-11-24(19)32-27/h2-18H,1H3. The number of fused-ring (bicyclic) bond motifs is 4. The maximum atomic E-state index is 6.47. The molecule has 164 valence electrons. The summed E-state index contributed by atoms with van der Waals surface area (Å²) in [6, 6.07) is 31.0. The number of benzene rings is 4. The number of rotatable bonds is 3.